The summed E-state index contributed by atoms with van der Waals surface area (Å²) in [5, 5.41) is 3.05. The Hall–Kier alpha value is -0.440. The van der Waals surface area contributed by atoms with Crippen LogP contribution < -0.4 is 5.32 Å². The number of hydrogen-bond donors (Lipinski definition) is 1. The van der Waals surface area contributed by atoms with Gasteiger partial charge < -0.3 is 5.32 Å². The summed E-state index contributed by atoms with van der Waals surface area (Å²) in [5.41, 5.74) is 0. The van der Waals surface area contributed by atoms with Gasteiger partial charge in [-0.25, -0.2) is 4.39 Å². The van der Waals surface area contributed by atoms with E-state index in [9.17, 15) is 4.39 Å². The van der Waals surface area contributed by atoms with Gasteiger partial charge in [-0.05, 0) is 38.5 Å². The number of hydrogen-bond acceptors (Lipinski definition) is 2. The molecule has 0 saturated carbocycles. The number of halogens is 1. The summed E-state index contributed by atoms with van der Waals surface area (Å²) >= 11 is 4.74. The predicted molar refractivity (Wildman–Crippen MR) is 77.9 cm³/mol. The van der Waals surface area contributed by atoms with Crippen molar-refractivity contribution in [2.24, 2.45) is 11.8 Å². The van der Waals surface area contributed by atoms with Crippen LogP contribution in [-0.2, 0) is 0 Å². The first-order chi connectivity index (χ1) is 7.88. The second kappa shape index (κ2) is 8.62. The van der Waals surface area contributed by atoms with Gasteiger partial charge in [0.05, 0.1) is 0 Å². The molecule has 0 fully saturated rings. The number of rotatable bonds is 8. The molecular weight excluding hydrogens is 233 g/mol. The minimum atomic E-state index is -0.332. The van der Waals surface area contributed by atoms with Crippen LogP contribution in [-0.4, -0.2) is 10.9 Å². The molecule has 0 aliphatic rings. The van der Waals surface area contributed by atoms with Crippen LogP contribution >= 0.6 is 12.2 Å². The highest BCUT2D eigenvalue weighted by Crippen LogP contribution is 2.20. The molecule has 0 bridgehead atoms. The molecule has 3 heteroatoms. The van der Waals surface area contributed by atoms with Crippen LogP contribution in [0.15, 0.2) is 12.0 Å². The summed E-state index contributed by atoms with van der Waals surface area (Å²) in [7, 11) is 0. The number of allylic oxidation sites excluding steroid dienone is 1. The lowest BCUT2D eigenvalue weighted by molar-refractivity contribution is 0.334. The average molecular weight is 259 g/mol. The fourth-order valence-corrected chi connectivity index (χ4v) is 1.66. The first kappa shape index (κ1) is 16.6. The van der Waals surface area contributed by atoms with Crippen LogP contribution in [0.2, 0.25) is 0 Å². The van der Waals surface area contributed by atoms with Crippen molar-refractivity contribution in [3.63, 3.8) is 0 Å². The Balaban J connectivity index is 3.91. The van der Waals surface area contributed by atoms with Gasteiger partial charge in [-0.2, -0.15) is 0 Å². The fraction of sp³-hybridized carbons (Fsp3) is 0.786. The highest BCUT2D eigenvalue weighted by molar-refractivity contribution is 7.80. The van der Waals surface area contributed by atoms with Crippen LogP contribution in [0.3, 0.4) is 0 Å². The van der Waals surface area contributed by atoms with Gasteiger partial charge in [-0.15, -0.1) is 0 Å². The van der Waals surface area contributed by atoms with E-state index in [0.717, 1.165) is 18.3 Å². The summed E-state index contributed by atoms with van der Waals surface area (Å²) in [5.74, 6) is 1.16. The molecule has 1 N–H and O–H groups in total. The summed E-state index contributed by atoms with van der Waals surface area (Å²) < 4.78 is 13.1. The minimum absolute atomic E-state index is 0.293. The maximum Gasteiger partial charge on any atom is 0.152 e. The molecule has 0 spiro atoms. The van der Waals surface area contributed by atoms with E-state index in [2.05, 4.69) is 33.0 Å². The van der Waals surface area contributed by atoms with E-state index < -0.39 is 0 Å². The number of thiocarbonyl (C=S) groups is 1. The first-order valence-corrected chi connectivity index (χ1v) is 6.91. The Morgan fingerprint density at radius 3 is 2.29 bits per heavy atom. The monoisotopic (exact) mass is 259 g/mol. The minimum Gasteiger partial charge on any atom is -0.386 e. The Morgan fingerprint density at radius 1 is 1.24 bits per heavy atom. The van der Waals surface area contributed by atoms with E-state index >= 15 is 0 Å². The number of nitrogens with one attached hydrogen (secondary N) is 1. The lowest BCUT2D eigenvalue weighted by Crippen LogP contribution is -2.22. The molecule has 0 aromatic heterocycles. The van der Waals surface area contributed by atoms with Crippen molar-refractivity contribution >= 4 is 17.1 Å². The lowest BCUT2D eigenvalue weighted by atomic mass is 9.89. The topological polar surface area (TPSA) is 12.0 Å². The van der Waals surface area contributed by atoms with Gasteiger partial charge in [0.2, 0.25) is 0 Å². The average Bonchev–Trinajstić information content (AvgIpc) is 2.31. The Kier molecular flexibility index (Phi) is 8.40. The van der Waals surface area contributed by atoms with Gasteiger partial charge in [0.15, 0.2) is 5.83 Å². The molecule has 0 aliphatic carbocycles. The molecule has 0 rings (SSSR count). The molecular formula is C14H26FNS. The van der Waals surface area contributed by atoms with E-state index in [4.69, 9.17) is 12.2 Å². The molecule has 100 valence electrons. The maximum atomic E-state index is 13.1. The SMILES string of the molecule is CCC(C)C(C)CC[C@@H](C)N/C=C(/F)C(C)=S. The van der Waals surface area contributed by atoms with Gasteiger partial charge in [-0.3, -0.25) is 0 Å². The molecule has 1 nitrogen and oxygen atoms in total. The first-order valence-electron chi connectivity index (χ1n) is 6.51. The highest BCUT2D eigenvalue weighted by atomic mass is 32.1. The zero-order valence-corrected chi connectivity index (χ0v) is 12.5. The molecule has 0 aromatic rings. The second-order valence-electron chi connectivity index (χ2n) is 5.06. The van der Waals surface area contributed by atoms with E-state index in [1.165, 1.54) is 19.0 Å². The summed E-state index contributed by atoms with van der Waals surface area (Å²) in [4.78, 5) is 0.303. The molecule has 2 unspecified atom stereocenters. The Labute approximate surface area is 111 Å². The van der Waals surface area contributed by atoms with Crippen molar-refractivity contribution in [2.75, 3.05) is 0 Å². The van der Waals surface area contributed by atoms with Crippen molar-refractivity contribution in [1.82, 2.24) is 5.32 Å². The molecule has 0 heterocycles. The standard InChI is InChI=1S/C14H26FNS/c1-6-10(2)11(3)7-8-12(4)16-9-14(15)13(5)17/h9-12,16H,6-8H2,1-5H3/b14-9+/t10?,11?,12-/m1/s1. The summed E-state index contributed by atoms with van der Waals surface area (Å²) in [6.07, 6.45) is 4.85. The van der Waals surface area contributed by atoms with Crippen LogP contribution in [0.1, 0.15) is 53.9 Å². The molecule has 0 saturated heterocycles. The van der Waals surface area contributed by atoms with Crippen molar-refractivity contribution in [1.29, 1.82) is 0 Å². The summed E-state index contributed by atoms with van der Waals surface area (Å²) in [6, 6.07) is 0.293. The molecule has 0 radical (unpaired) electrons. The van der Waals surface area contributed by atoms with Gasteiger partial charge in [0.25, 0.3) is 0 Å². The van der Waals surface area contributed by atoms with Gasteiger partial charge in [-0.1, -0.05) is 39.4 Å². The van der Waals surface area contributed by atoms with Crippen LogP contribution in [0, 0.1) is 11.8 Å². The molecule has 0 amide bonds. The van der Waals surface area contributed by atoms with E-state index in [-0.39, 0.29) is 5.83 Å². The normalized spacial score (nSPS) is 17.4. The largest absolute Gasteiger partial charge is 0.386 e. The zero-order valence-electron chi connectivity index (χ0n) is 11.7. The van der Waals surface area contributed by atoms with Gasteiger partial charge in [0.1, 0.15) is 0 Å². The smallest absolute Gasteiger partial charge is 0.152 e. The Bertz CT molecular complexity index is 263. The van der Waals surface area contributed by atoms with E-state index in [1.807, 2.05) is 0 Å². The van der Waals surface area contributed by atoms with Crippen molar-refractivity contribution < 1.29 is 4.39 Å². The molecule has 3 atom stereocenters. The van der Waals surface area contributed by atoms with Crippen LogP contribution in [0.4, 0.5) is 4.39 Å². The third-order valence-corrected chi connectivity index (χ3v) is 3.70. The van der Waals surface area contributed by atoms with Crippen molar-refractivity contribution in [2.45, 2.75) is 59.9 Å². The Morgan fingerprint density at radius 2 is 1.82 bits per heavy atom. The lowest BCUT2D eigenvalue weighted by Gasteiger charge is -2.20. The third kappa shape index (κ3) is 7.48. The molecule has 0 aromatic carbocycles. The van der Waals surface area contributed by atoms with E-state index in [0.29, 0.717) is 10.9 Å². The maximum absolute atomic E-state index is 13.1. The quantitative estimate of drug-likeness (QED) is 0.504. The predicted octanol–water partition coefficient (Wildman–Crippen LogP) is 4.63. The van der Waals surface area contributed by atoms with E-state index in [1.54, 1.807) is 6.92 Å². The zero-order chi connectivity index (χ0) is 13.4. The third-order valence-electron chi connectivity index (χ3n) is 3.50. The van der Waals surface area contributed by atoms with Crippen molar-refractivity contribution in [3.05, 3.63) is 12.0 Å². The fourth-order valence-electron chi connectivity index (χ4n) is 1.60. The second-order valence-corrected chi connectivity index (χ2v) is 5.67. The van der Waals surface area contributed by atoms with Crippen LogP contribution in [0.5, 0.6) is 0 Å². The molecule has 0 aliphatic heterocycles. The highest BCUT2D eigenvalue weighted by Gasteiger charge is 2.11. The van der Waals surface area contributed by atoms with Gasteiger partial charge in [0, 0.05) is 17.1 Å². The van der Waals surface area contributed by atoms with Crippen LogP contribution in [0.25, 0.3) is 0 Å². The van der Waals surface area contributed by atoms with Gasteiger partial charge >= 0.3 is 0 Å². The summed E-state index contributed by atoms with van der Waals surface area (Å²) in [6.45, 7) is 10.5. The van der Waals surface area contributed by atoms with Crippen molar-refractivity contribution in [3.8, 4) is 0 Å². The molecule has 17 heavy (non-hydrogen) atoms.